The third-order valence-electron chi connectivity index (χ3n) is 3.07. The van der Waals surface area contributed by atoms with Crippen LogP contribution in [0.5, 0.6) is 0 Å². The first kappa shape index (κ1) is 10.3. The molecule has 1 unspecified atom stereocenters. The molecule has 1 aromatic heterocycles. The van der Waals surface area contributed by atoms with Crippen LogP contribution >= 0.6 is 0 Å². The predicted molar refractivity (Wildman–Crippen MR) is 66.2 cm³/mol. The third-order valence-corrected chi connectivity index (χ3v) is 3.07. The molecule has 2 aromatic rings. The van der Waals surface area contributed by atoms with Gasteiger partial charge in [0, 0.05) is 30.3 Å². The molecule has 0 bridgehead atoms. The summed E-state index contributed by atoms with van der Waals surface area (Å²) in [4.78, 5) is 4.53. The average Bonchev–Trinajstić information content (AvgIpc) is 2.72. The fourth-order valence-electron chi connectivity index (χ4n) is 2.08. The van der Waals surface area contributed by atoms with Crippen LogP contribution in [0.2, 0.25) is 0 Å². The molecule has 2 heterocycles. The number of nitrogens with zero attached hydrogens (tertiary/aromatic N) is 3. The summed E-state index contributed by atoms with van der Waals surface area (Å²) in [6.07, 6.45) is 1.78. The van der Waals surface area contributed by atoms with Gasteiger partial charge in [-0.3, -0.25) is 0 Å². The van der Waals surface area contributed by atoms with E-state index in [4.69, 9.17) is 11.5 Å². The van der Waals surface area contributed by atoms with Gasteiger partial charge >= 0.3 is 0 Å². The summed E-state index contributed by atoms with van der Waals surface area (Å²) in [7, 11) is 0. The Kier molecular flexibility index (Phi) is 2.33. The second-order valence-electron chi connectivity index (χ2n) is 4.45. The highest BCUT2D eigenvalue weighted by atomic mass is 15.4. The van der Waals surface area contributed by atoms with Gasteiger partial charge in [-0.2, -0.15) is 5.10 Å². The van der Waals surface area contributed by atoms with E-state index in [2.05, 4.69) is 10.1 Å². The third kappa shape index (κ3) is 1.89. The summed E-state index contributed by atoms with van der Waals surface area (Å²) in [5.41, 5.74) is 13.3. The minimum Gasteiger partial charge on any atom is -0.399 e. The topological polar surface area (TPSA) is 82.8 Å². The fourth-order valence-corrected chi connectivity index (χ4v) is 2.08. The van der Waals surface area contributed by atoms with Crippen LogP contribution in [0.4, 0.5) is 5.69 Å². The van der Waals surface area contributed by atoms with Crippen LogP contribution in [0.25, 0.3) is 11.4 Å². The van der Waals surface area contributed by atoms with E-state index in [1.165, 1.54) is 0 Å². The molecule has 1 aliphatic heterocycles. The lowest BCUT2D eigenvalue weighted by molar-refractivity contribution is 0.433. The van der Waals surface area contributed by atoms with Crippen molar-refractivity contribution in [3.63, 3.8) is 0 Å². The lowest BCUT2D eigenvalue weighted by Crippen LogP contribution is -2.31. The highest BCUT2D eigenvalue weighted by Crippen LogP contribution is 2.20. The molecule has 4 N–H and O–H groups in total. The van der Waals surface area contributed by atoms with Crippen LogP contribution < -0.4 is 11.5 Å². The molecule has 0 radical (unpaired) electrons. The van der Waals surface area contributed by atoms with Gasteiger partial charge in [-0.15, -0.1) is 0 Å². The minimum absolute atomic E-state index is 0.214. The molecule has 0 saturated heterocycles. The zero-order chi connectivity index (χ0) is 11.8. The Labute approximate surface area is 99.4 Å². The van der Waals surface area contributed by atoms with Crippen LogP contribution in [0, 0.1) is 0 Å². The Bertz CT molecular complexity index is 528. The molecule has 0 saturated carbocycles. The van der Waals surface area contributed by atoms with E-state index >= 15 is 0 Å². The first-order chi connectivity index (χ1) is 8.22. The number of aromatic nitrogens is 3. The Morgan fingerprint density at radius 1 is 1.24 bits per heavy atom. The average molecular weight is 229 g/mol. The van der Waals surface area contributed by atoms with Gasteiger partial charge in [-0.05, 0) is 30.7 Å². The smallest absolute Gasteiger partial charge is 0.181 e. The summed E-state index contributed by atoms with van der Waals surface area (Å²) < 4.78 is 1.95. The van der Waals surface area contributed by atoms with Crippen LogP contribution in [-0.4, -0.2) is 20.8 Å². The van der Waals surface area contributed by atoms with E-state index in [-0.39, 0.29) is 6.04 Å². The maximum absolute atomic E-state index is 5.92. The van der Waals surface area contributed by atoms with E-state index < -0.39 is 0 Å². The number of hydrogen-bond donors (Lipinski definition) is 2. The summed E-state index contributed by atoms with van der Waals surface area (Å²) in [5.74, 6) is 1.74. The Hall–Kier alpha value is -1.88. The van der Waals surface area contributed by atoms with Gasteiger partial charge in [0.2, 0.25) is 0 Å². The van der Waals surface area contributed by atoms with Gasteiger partial charge < -0.3 is 11.5 Å². The number of anilines is 1. The second kappa shape index (κ2) is 3.85. The number of nitrogen functional groups attached to an aromatic ring is 1. The van der Waals surface area contributed by atoms with Crippen molar-refractivity contribution in [1.82, 2.24) is 14.8 Å². The van der Waals surface area contributed by atoms with Crippen molar-refractivity contribution < 1.29 is 0 Å². The molecule has 1 aliphatic rings. The van der Waals surface area contributed by atoms with Gasteiger partial charge in [-0.1, -0.05) is 0 Å². The molecule has 0 amide bonds. The molecule has 17 heavy (non-hydrogen) atoms. The lowest BCUT2D eigenvalue weighted by Gasteiger charge is -2.17. The van der Waals surface area contributed by atoms with Crippen LogP contribution in [0.15, 0.2) is 24.3 Å². The van der Waals surface area contributed by atoms with Gasteiger partial charge in [-0.25, -0.2) is 9.67 Å². The summed E-state index contributed by atoms with van der Waals surface area (Å²) >= 11 is 0. The number of aryl methyl sites for hydroxylation is 1. The maximum atomic E-state index is 5.92. The van der Waals surface area contributed by atoms with Crippen LogP contribution in [0.1, 0.15) is 12.2 Å². The van der Waals surface area contributed by atoms with Gasteiger partial charge in [0.05, 0.1) is 0 Å². The molecule has 0 aliphatic carbocycles. The molecule has 5 heteroatoms. The van der Waals surface area contributed by atoms with E-state index in [9.17, 15) is 0 Å². The van der Waals surface area contributed by atoms with Crippen molar-refractivity contribution in [3.8, 4) is 11.4 Å². The molecule has 5 nitrogen and oxygen atoms in total. The Morgan fingerprint density at radius 3 is 2.76 bits per heavy atom. The van der Waals surface area contributed by atoms with E-state index in [0.29, 0.717) is 0 Å². The van der Waals surface area contributed by atoms with E-state index in [0.717, 1.165) is 42.3 Å². The number of fused-ring (bicyclic) bond motifs is 1. The molecule has 1 aromatic carbocycles. The number of rotatable bonds is 1. The van der Waals surface area contributed by atoms with Crippen LogP contribution in [-0.2, 0) is 13.0 Å². The number of nitrogens with two attached hydrogens (primary N) is 2. The van der Waals surface area contributed by atoms with Crippen molar-refractivity contribution in [1.29, 1.82) is 0 Å². The van der Waals surface area contributed by atoms with E-state index in [1.54, 1.807) is 0 Å². The zero-order valence-electron chi connectivity index (χ0n) is 9.50. The van der Waals surface area contributed by atoms with Crippen LogP contribution in [0.3, 0.4) is 0 Å². The highest BCUT2D eigenvalue weighted by molar-refractivity contribution is 5.58. The summed E-state index contributed by atoms with van der Waals surface area (Å²) in [6, 6.07) is 7.82. The number of hydrogen-bond acceptors (Lipinski definition) is 4. The fraction of sp³-hybridized carbons (Fsp3) is 0.333. The van der Waals surface area contributed by atoms with Crippen molar-refractivity contribution in [2.24, 2.45) is 5.73 Å². The van der Waals surface area contributed by atoms with Crippen molar-refractivity contribution in [2.75, 3.05) is 5.73 Å². The molecule has 1 atom stereocenters. The van der Waals surface area contributed by atoms with Gasteiger partial charge in [0.1, 0.15) is 5.82 Å². The summed E-state index contributed by atoms with van der Waals surface area (Å²) in [5, 5.41) is 4.49. The van der Waals surface area contributed by atoms with Crippen molar-refractivity contribution in [3.05, 3.63) is 30.1 Å². The largest absolute Gasteiger partial charge is 0.399 e. The zero-order valence-corrected chi connectivity index (χ0v) is 9.50. The first-order valence-corrected chi connectivity index (χ1v) is 5.77. The minimum atomic E-state index is 0.214. The van der Waals surface area contributed by atoms with Crippen molar-refractivity contribution in [2.45, 2.75) is 25.4 Å². The monoisotopic (exact) mass is 229 g/mol. The second-order valence-corrected chi connectivity index (χ2v) is 4.45. The van der Waals surface area contributed by atoms with Gasteiger partial charge in [0.15, 0.2) is 5.82 Å². The molecule has 88 valence electrons. The molecule has 0 spiro atoms. The van der Waals surface area contributed by atoms with Crippen molar-refractivity contribution >= 4 is 5.69 Å². The molecule has 0 fully saturated rings. The quantitative estimate of drug-likeness (QED) is 0.708. The predicted octanol–water partition coefficient (Wildman–Crippen LogP) is 0.801. The number of benzene rings is 1. The van der Waals surface area contributed by atoms with E-state index in [1.807, 2.05) is 28.9 Å². The Morgan fingerprint density at radius 2 is 2.00 bits per heavy atom. The molecule has 3 rings (SSSR count). The molecular formula is C12H15N5. The lowest BCUT2D eigenvalue weighted by atomic mass is 10.1. The summed E-state index contributed by atoms with van der Waals surface area (Å²) in [6.45, 7) is 0.860. The maximum Gasteiger partial charge on any atom is 0.181 e. The first-order valence-electron chi connectivity index (χ1n) is 5.77. The van der Waals surface area contributed by atoms with Gasteiger partial charge in [0.25, 0.3) is 0 Å². The highest BCUT2D eigenvalue weighted by Gasteiger charge is 2.19. The molecular weight excluding hydrogens is 214 g/mol. The Balaban J connectivity index is 1.97. The normalized spacial score (nSPS) is 19.0. The SMILES string of the molecule is Nc1ccc(-c2nc3n(n2)CCC(N)C3)cc1. The standard InChI is InChI=1S/C12H15N5/c13-9-3-1-8(2-4-9)12-15-11-7-10(14)5-6-17(11)16-12/h1-4,10H,5-7,13-14H2.